The van der Waals surface area contributed by atoms with Gasteiger partial charge in [0, 0.05) is 36.8 Å². The number of carbonyl (C=O) groups is 1. The van der Waals surface area contributed by atoms with Gasteiger partial charge in [-0.3, -0.25) is 19.8 Å². The summed E-state index contributed by atoms with van der Waals surface area (Å²) in [6, 6.07) is 4.40. The maximum atomic E-state index is 11.7. The minimum absolute atomic E-state index is 0.0196. The van der Waals surface area contributed by atoms with Crippen molar-refractivity contribution in [1.29, 1.82) is 0 Å². The zero-order chi connectivity index (χ0) is 15.6. The third kappa shape index (κ3) is 3.51. The molecule has 2 atom stereocenters. The summed E-state index contributed by atoms with van der Waals surface area (Å²) in [6.07, 6.45) is 0. The Kier molecular flexibility index (Phi) is 4.80. The van der Waals surface area contributed by atoms with Crippen molar-refractivity contribution in [2.24, 2.45) is 11.8 Å². The smallest absolute Gasteiger partial charge is 0.310 e. The monoisotopic (exact) mass is 312 g/mol. The molecular weight excluding hydrogens is 296 g/mol. The summed E-state index contributed by atoms with van der Waals surface area (Å²) >= 11 is 6.10. The quantitative estimate of drug-likeness (QED) is 0.485. The highest BCUT2D eigenvalue weighted by Gasteiger charge is 2.35. The van der Waals surface area contributed by atoms with E-state index in [-0.39, 0.29) is 23.5 Å². The van der Waals surface area contributed by atoms with E-state index in [0.717, 1.165) is 6.54 Å². The number of hydrogen-bond donors (Lipinski definition) is 0. The minimum atomic E-state index is -0.441. The van der Waals surface area contributed by atoms with Crippen LogP contribution in [0.3, 0.4) is 0 Å². The molecule has 0 spiro atoms. The number of ether oxygens (including phenoxy) is 1. The second kappa shape index (κ2) is 6.41. The highest BCUT2D eigenvalue weighted by Crippen LogP contribution is 2.28. The van der Waals surface area contributed by atoms with Gasteiger partial charge in [0.2, 0.25) is 0 Å². The summed E-state index contributed by atoms with van der Waals surface area (Å²) < 4.78 is 4.80. The Bertz CT molecular complexity index is 564. The molecular formula is C14H17ClN2O4. The molecule has 0 bridgehead atoms. The van der Waals surface area contributed by atoms with Crippen LogP contribution in [0.1, 0.15) is 12.5 Å². The molecule has 0 N–H and O–H groups in total. The molecule has 1 heterocycles. The molecule has 21 heavy (non-hydrogen) atoms. The second-order valence-electron chi connectivity index (χ2n) is 5.33. The standard InChI is InChI=1S/C14H17ClN2O4/c1-9-6-16(8-12(9)14(18)21-2)7-10-5-11(17(19)20)3-4-13(10)15/h3-5,9,12H,6-8H2,1-2H3. The maximum absolute atomic E-state index is 11.7. The summed E-state index contributed by atoms with van der Waals surface area (Å²) in [5, 5.41) is 11.3. The van der Waals surface area contributed by atoms with Gasteiger partial charge in [-0.1, -0.05) is 18.5 Å². The first-order valence-corrected chi connectivity index (χ1v) is 7.03. The van der Waals surface area contributed by atoms with Crippen LogP contribution in [-0.4, -0.2) is 36.0 Å². The minimum Gasteiger partial charge on any atom is -0.469 e. The van der Waals surface area contributed by atoms with Crippen LogP contribution < -0.4 is 0 Å². The average Bonchev–Trinajstić information content (AvgIpc) is 2.81. The van der Waals surface area contributed by atoms with E-state index in [1.54, 1.807) is 0 Å². The summed E-state index contributed by atoms with van der Waals surface area (Å²) in [6.45, 7) is 3.79. The van der Waals surface area contributed by atoms with Gasteiger partial charge < -0.3 is 4.74 Å². The Labute approximate surface area is 127 Å². The lowest BCUT2D eigenvalue weighted by molar-refractivity contribution is -0.384. The zero-order valence-electron chi connectivity index (χ0n) is 11.9. The van der Waals surface area contributed by atoms with Gasteiger partial charge in [0.25, 0.3) is 5.69 Å². The molecule has 6 nitrogen and oxygen atoms in total. The lowest BCUT2D eigenvalue weighted by Gasteiger charge is -2.16. The molecule has 1 saturated heterocycles. The van der Waals surface area contributed by atoms with Crippen LogP contribution in [0.25, 0.3) is 0 Å². The molecule has 0 aliphatic carbocycles. The Morgan fingerprint density at radius 2 is 2.24 bits per heavy atom. The number of likely N-dealkylation sites (tertiary alicyclic amines) is 1. The maximum Gasteiger partial charge on any atom is 0.310 e. The Balaban J connectivity index is 2.11. The van der Waals surface area contributed by atoms with E-state index < -0.39 is 4.92 Å². The van der Waals surface area contributed by atoms with Crippen LogP contribution in [0.5, 0.6) is 0 Å². The number of nitrogens with zero attached hydrogens (tertiary/aromatic N) is 2. The van der Waals surface area contributed by atoms with E-state index in [1.807, 2.05) is 6.92 Å². The molecule has 0 saturated carbocycles. The highest BCUT2D eigenvalue weighted by atomic mass is 35.5. The van der Waals surface area contributed by atoms with Gasteiger partial charge in [-0.15, -0.1) is 0 Å². The van der Waals surface area contributed by atoms with Gasteiger partial charge >= 0.3 is 5.97 Å². The fourth-order valence-electron chi connectivity index (χ4n) is 2.69. The lowest BCUT2D eigenvalue weighted by Crippen LogP contribution is -2.24. The third-order valence-electron chi connectivity index (χ3n) is 3.83. The molecule has 1 aliphatic heterocycles. The number of non-ortho nitro benzene ring substituents is 1. The van der Waals surface area contributed by atoms with Crippen molar-refractivity contribution in [2.75, 3.05) is 20.2 Å². The number of rotatable bonds is 4. The molecule has 2 rings (SSSR count). The van der Waals surface area contributed by atoms with Gasteiger partial charge in [-0.2, -0.15) is 0 Å². The van der Waals surface area contributed by atoms with Crippen molar-refractivity contribution in [3.8, 4) is 0 Å². The van der Waals surface area contributed by atoms with Gasteiger partial charge in [0.15, 0.2) is 0 Å². The molecule has 0 radical (unpaired) electrons. The fourth-order valence-corrected chi connectivity index (χ4v) is 2.87. The second-order valence-corrected chi connectivity index (χ2v) is 5.74. The molecule has 1 aliphatic rings. The molecule has 0 amide bonds. The van der Waals surface area contributed by atoms with E-state index >= 15 is 0 Å². The topological polar surface area (TPSA) is 72.7 Å². The summed E-state index contributed by atoms with van der Waals surface area (Å²) in [5.74, 6) is -0.183. The highest BCUT2D eigenvalue weighted by molar-refractivity contribution is 6.31. The van der Waals surface area contributed by atoms with Crippen molar-refractivity contribution in [3.05, 3.63) is 38.9 Å². The van der Waals surface area contributed by atoms with Crippen molar-refractivity contribution in [1.82, 2.24) is 4.90 Å². The fraction of sp³-hybridized carbons (Fsp3) is 0.500. The van der Waals surface area contributed by atoms with Gasteiger partial charge in [-0.05, 0) is 17.5 Å². The van der Waals surface area contributed by atoms with Gasteiger partial charge in [0.1, 0.15) is 0 Å². The summed E-state index contributed by atoms with van der Waals surface area (Å²) in [4.78, 5) is 24.1. The average molecular weight is 313 g/mol. The van der Waals surface area contributed by atoms with Crippen LogP contribution in [0.4, 0.5) is 5.69 Å². The number of nitro groups is 1. The Morgan fingerprint density at radius 1 is 1.52 bits per heavy atom. The van der Waals surface area contributed by atoms with Gasteiger partial charge in [-0.25, -0.2) is 0 Å². The molecule has 1 aromatic rings. The van der Waals surface area contributed by atoms with E-state index in [1.165, 1.54) is 25.3 Å². The van der Waals surface area contributed by atoms with Crippen LogP contribution in [-0.2, 0) is 16.1 Å². The van der Waals surface area contributed by atoms with Crippen LogP contribution in [0.15, 0.2) is 18.2 Å². The van der Waals surface area contributed by atoms with Crippen LogP contribution in [0, 0.1) is 22.0 Å². The van der Waals surface area contributed by atoms with E-state index in [9.17, 15) is 14.9 Å². The molecule has 0 aromatic heterocycles. The first-order valence-electron chi connectivity index (χ1n) is 6.65. The van der Waals surface area contributed by atoms with E-state index in [4.69, 9.17) is 16.3 Å². The molecule has 2 unspecified atom stereocenters. The molecule has 114 valence electrons. The number of carbonyl (C=O) groups excluding carboxylic acids is 1. The number of benzene rings is 1. The largest absolute Gasteiger partial charge is 0.469 e. The zero-order valence-corrected chi connectivity index (χ0v) is 12.7. The van der Waals surface area contributed by atoms with E-state index in [2.05, 4.69) is 4.90 Å². The van der Waals surface area contributed by atoms with E-state index in [0.29, 0.717) is 23.7 Å². The Hall–Kier alpha value is -1.66. The number of halogens is 1. The molecule has 7 heteroatoms. The van der Waals surface area contributed by atoms with Crippen LogP contribution in [0.2, 0.25) is 5.02 Å². The number of methoxy groups -OCH3 is 1. The lowest BCUT2D eigenvalue weighted by atomic mass is 9.99. The molecule has 1 fully saturated rings. The SMILES string of the molecule is COC(=O)C1CN(Cc2cc([N+](=O)[O-])ccc2Cl)CC1C. The number of nitro benzene ring substituents is 1. The Morgan fingerprint density at radius 3 is 2.86 bits per heavy atom. The molecule has 1 aromatic carbocycles. The van der Waals surface area contributed by atoms with Crippen molar-refractivity contribution < 1.29 is 14.5 Å². The van der Waals surface area contributed by atoms with Crippen molar-refractivity contribution >= 4 is 23.3 Å². The summed E-state index contributed by atoms with van der Waals surface area (Å²) in [5.41, 5.74) is 0.717. The van der Waals surface area contributed by atoms with Crippen molar-refractivity contribution in [2.45, 2.75) is 13.5 Å². The normalized spacial score (nSPS) is 22.2. The summed E-state index contributed by atoms with van der Waals surface area (Å²) in [7, 11) is 1.38. The van der Waals surface area contributed by atoms with Crippen LogP contribution >= 0.6 is 11.6 Å². The first kappa shape index (κ1) is 15.7. The predicted molar refractivity (Wildman–Crippen MR) is 78.1 cm³/mol. The number of esters is 1. The third-order valence-corrected chi connectivity index (χ3v) is 4.19. The van der Waals surface area contributed by atoms with Gasteiger partial charge in [0.05, 0.1) is 18.0 Å². The first-order chi connectivity index (χ1) is 9.92. The number of hydrogen-bond acceptors (Lipinski definition) is 5. The predicted octanol–water partition coefficient (Wildman–Crippen LogP) is 2.49. The van der Waals surface area contributed by atoms with Crippen molar-refractivity contribution in [3.63, 3.8) is 0 Å².